The van der Waals surface area contributed by atoms with E-state index in [4.69, 9.17) is 0 Å². The summed E-state index contributed by atoms with van der Waals surface area (Å²) >= 11 is 0. The number of carboxylic acids is 1. The summed E-state index contributed by atoms with van der Waals surface area (Å²) in [5.74, 6) is -0.743. The molecule has 1 heterocycles. The first-order chi connectivity index (χ1) is 9.88. The molecule has 0 radical (unpaired) electrons. The molecule has 1 amide bonds. The molecule has 6 nitrogen and oxygen atoms in total. The second-order valence-electron chi connectivity index (χ2n) is 5.99. The van der Waals surface area contributed by atoms with Gasteiger partial charge in [0.2, 0.25) is 0 Å². The molecule has 6 heteroatoms. The van der Waals surface area contributed by atoms with Crippen LogP contribution in [0, 0.1) is 12.8 Å². The molecule has 1 fully saturated rings. The Balaban J connectivity index is 2.16. The highest BCUT2D eigenvalue weighted by Gasteiger charge is 2.43. The van der Waals surface area contributed by atoms with Crippen molar-refractivity contribution in [2.45, 2.75) is 51.5 Å². The van der Waals surface area contributed by atoms with Gasteiger partial charge in [0.25, 0.3) is 5.91 Å². The lowest BCUT2D eigenvalue weighted by Crippen LogP contribution is -2.56. The molecule has 1 aromatic heterocycles. The molecule has 0 atom stereocenters. The summed E-state index contributed by atoms with van der Waals surface area (Å²) < 4.78 is 1.48. The second kappa shape index (κ2) is 5.87. The molecule has 0 bridgehead atoms. The van der Waals surface area contributed by atoms with Gasteiger partial charge >= 0.3 is 5.97 Å². The number of hydrogen-bond acceptors (Lipinski definition) is 3. The first kappa shape index (κ1) is 15.5. The Bertz CT molecular complexity index is 542. The lowest BCUT2D eigenvalue weighted by molar-refractivity contribution is -0.146. The standard InChI is InChI=1S/C15H23N3O3/c1-4-11-5-7-15(8-6-11,14(20)21)16-13(19)12-9-10(2)17-18(12)3/h9,11H,4-8H2,1-3H3,(H,16,19)(H,20,21). The smallest absolute Gasteiger partial charge is 0.329 e. The summed E-state index contributed by atoms with van der Waals surface area (Å²) in [7, 11) is 1.68. The summed E-state index contributed by atoms with van der Waals surface area (Å²) in [5.41, 5.74) is -0.00606. The van der Waals surface area contributed by atoms with Crippen molar-refractivity contribution in [3.05, 3.63) is 17.5 Å². The minimum atomic E-state index is -1.14. The van der Waals surface area contributed by atoms with Gasteiger partial charge in [0.1, 0.15) is 11.2 Å². The van der Waals surface area contributed by atoms with Crippen LogP contribution in [0.4, 0.5) is 0 Å². The molecule has 0 spiro atoms. The van der Waals surface area contributed by atoms with Gasteiger partial charge in [0.05, 0.1) is 5.69 Å². The van der Waals surface area contributed by atoms with E-state index >= 15 is 0 Å². The lowest BCUT2D eigenvalue weighted by atomic mass is 9.75. The normalized spacial score (nSPS) is 25.6. The Kier molecular flexibility index (Phi) is 4.34. The molecule has 2 N–H and O–H groups in total. The molecule has 1 aliphatic carbocycles. The molecule has 0 aliphatic heterocycles. The molecular formula is C15H23N3O3. The fourth-order valence-corrected chi connectivity index (χ4v) is 3.08. The molecule has 1 aromatic rings. The number of nitrogens with one attached hydrogen (secondary N) is 1. The van der Waals surface area contributed by atoms with Crippen LogP contribution in [0.3, 0.4) is 0 Å². The molecule has 21 heavy (non-hydrogen) atoms. The van der Waals surface area contributed by atoms with E-state index in [1.54, 1.807) is 20.0 Å². The monoisotopic (exact) mass is 293 g/mol. The van der Waals surface area contributed by atoms with Crippen LogP contribution in [0.2, 0.25) is 0 Å². The fraction of sp³-hybridized carbons (Fsp3) is 0.667. The van der Waals surface area contributed by atoms with Crippen molar-refractivity contribution < 1.29 is 14.7 Å². The summed E-state index contributed by atoms with van der Waals surface area (Å²) in [6.45, 7) is 3.92. The van der Waals surface area contributed by atoms with Crippen LogP contribution >= 0.6 is 0 Å². The highest BCUT2D eigenvalue weighted by molar-refractivity contribution is 5.96. The number of carboxylic acid groups (broad SMARTS) is 1. The van der Waals surface area contributed by atoms with Crippen LogP contribution in [-0.4, -0.2) is 32.3 Å². The van der Waals surface area contributed by atoms with E-state index in [9.17, 15) is 14.7 Å². The Morgan fingerprint density at radius 1 is 1.48 bits per heavy atom. The number of aliphatic carboxylic acids is 1. The predicted octanol–water partition coefficient (Wildman–Crippen LogP) is 1.88. The average molecular weight is 293 g/mol. The number of rotatable bonds is 4. The van der Waals surface area contributed by atoms with Crippen molar-refractivity contribution in [2.24, 2.45) is 13.0 Å². The Labute approximate surface area is 124 Å². The number of carbonyl (C=O) groups is 2. The van der Waals surface area contributed by atoms with E-state index in [-0.39, 0.29) is 5.91 Å². The van der Waals surface area contributed by atoms with Gasteiger partial charge < -0.3 is 10.4 Å². The van der Waals surface area contributed by atoms with Gasteiger partial charge in [-0.15, -0.1) is 0 Å². The number of carbonyl (C=O) groups excluding carboxylic acids is 1. The van der Waals surface area contributed by atoms with Crippen molar-refractivity contribution in [3.8, 4) is 0 Å². The van der Waals surface area contributed by atoms with Crippen molar-refractivity contribution in [2.75, 3.05) is 0 Å². The van der Waals surface area contributed by atoms with Crippen LogP contribution in [-0.2, 0) is 11.8 Å². The quantitative estimate of drug-likeness (QED) is 0.887. The number of hydrogen-bond donors (Lipinski definition) is 2. The third-order valence-corrected chi connectivity index (χ3v) is 4.53. The average Bonchev–Trinajstić information content (AvgIpc) is 2.78. The van der Waals surface area contributed by atoms with Crippen LogP contribution in [0.5, 0.6) is 0 Å². The maximum atomic E-state index is 12.4. The minimum Gasteiger partial charge on any atom is -0.480 e. The first-order valence-corrected chi connectivity index (χ1v) is 7.44. The third kappa shape index (κ3) is 3.09. The van der Waals surface area contributed by atoms with Crippen molar-refractivity contribution >= 4 is 11.9 Å². The molecule has 1 aliphatic rings. The van der Waals surface area contributed by atoms with Crippen LogP contribution in [0.1, 0.15) is 55.2 Å². The third-order valence-electron chi connectivity index (χ3n) is 4.53. The van der Waals surface area contributed by atoms with E-state index in [0.717, 1.165) is 25.0 Å². The topological polar surface area (TPSA) is 84.2 Å². The highest BCUT2D eigenvalue weighted by atomic mass is 16.4. The summed E-state index contributed by atoms with van der Waals surface area (Å²) in [6, 6.07) is 1.67. The zero-order chi connectivity index (χ0) is 15.6. The second-order valence-corrected chi connectivity index (χ2v) is 5.99. The number of nitrogens with zero attached hydrogens (tertiary/aromatic N) is 2. The minimum absolute atomic E-state index is 0.365. The predicted molar refractivity (Wildman–Crippen MR) is 78.0 cm³/mol. The number of amides is 1. The fourth-order valence-electron chi connectivity index (χ4n) is 3.08. The zero-order valence-corrected chi connectivity index (χ0v) is 12.8. The van der Waals surface area contributed by atoms with Gasteiger partial charge in [-0.1, -0.05) is 13.3 Å². The Hall–Kier alpha value is -1.85. The highest BCUT2D eigenvalue weighted by Crippen LogP contribution is 2.34. The largest absolute Gasteiger partial charge is 0.480 e. The van der Waals surface area contributed by atoms with Gasteiger partial charge in [0, 0.05) is 7.05 Å². The summed E-state index contributed by atoms with van der Waals surface area (Å²) in [6.07, 6.45) is 3.72. The summed E-state index contributed by atoms with van der Waals surface area (Å²) in [4.78, 5) is 24.1. The van der Waals surface area contributed by atoms with Crippen molar-refractivity contribution in [3.63, 3.8) is 0 Å². The van der Waals surface area contributed by atoms with Crippen molar-refractivity contribution in [1.82, 2.24) is 15.1 Å². The van der Waals surface area contributed by atoms with E-state index in [2.05, 4.69) is 17.3 Å². The molecule has 0 saturated heterocycles. The van der Waals surface area contributed by atoms with Crippen LogP contribution in [0.25, 0.3) is 0 Å². The maximum Gasteiger partial charge on any atom is 0.329 e. The zero-order valence-electron chi connectivity index (χ0n) is 12.8. The lowest BCUT2D eigenvalue weighted by Gasteiger charge is -2.37. The van der Waals surface area contributed by atoms with Crippen LogP contribution < -0.4 is 5.32 Å². The van der Waals surface area contributed by atoms with Crippen molar-refractivity contribution in [1.29, 1.82) is 0 Å². The molecule has 1 saturated carbocycles. The summed E-state index contributed by atoms with van der Waals surface area (Å²) in [5, 5.41) is 16.5. The van der Waals surface area contributed by atoms with Gasteiger partial charge in [0.15, 0.2) is 0 Å². The van der Waals surface area contributed by atoms with Gasteiger partial charge in [-0.2, -0.15) is 5.10 Å². The molecule has 2 rings (SSSR count). The molecule has 0 unspecified atom stereocenters. The van der Waals surface area contributed by atoms with E-state index in [0.29, 0.717) is 24.5 Å². The first-order valence-electron chi connectivity index (χ1n) is 7.44. The van der Waals surface area contributed by atoms with E-state index < -0.39 is 11.5 Å². The molecule has 116 valence electrons. The molecule has 0 aromatic carbocycles. The van der Waals surface area contributed by atoms with E-state index in [1.807, 2.05) is 0 Å². The van der Waals surface area contributed by atoms with E-state index in [1.165, 1.54) is 4.68 Å². The Morgan fingerprint density at radius 3 is 2.52 bits per heavy atom. The maximum absolute atomic E-state index is 12.4. The number of aryl methyl sites for hydroxylation is 2. The van der Waals surface area contributed by atoms with Crippen LogP contribution in [0.15, 0.2) is 6.07 Å². The van der Waals surface area contributed by atoms with Gasteiger partial charge in [-0.05, 0) is 44.6 Å². The Morgan fingerprint density at radius 2 is 2.10 bits per heavy atom. The van der Waals surface area contributed by atoms with Gasteiger partial charge in [-0.25, -0.2) is 4.79 Å². The van der Waals surface area contributed by atoms with Gasteiger partial charge in [-0.3, -0.25) is 9.48 Å². The number of aromatic nitrogens is 2. The molecular weight excluding hydrogens is 270 g/mol. The SMILES string of the molecule is CCC1CCC(NC(=O)c2cc(C)nn2C)(C(=O)O)CC1.